The molecular weight excluding hydrogens is 100 g/mol. The van der Waals surface area contributed by atoms with Crippen LogP contribution in [0.25, 0.3) is 0 Å². The highest BCUT2D eigenvalue weighted by Crippen LogP contribution is 2.26. The van der Waals surface area contributed by atoms with Crippen molar-refractivity contribution in [2.24, 2.45) is 11.8 Å². The van der Waals surface area contributed by atoms with Gasteiger partial charge in [0.1, 0.15) is 0 Å². The Labute approximate surface area is 51.0 Å². The van der Waals surface area contributed by atoms with Crippen LogP contribution in [0.15, 0.2) is 0 Å². The van der Waals surface area contributed by atoms with E-state index in [9.17, 15) is 0 Å². The zero-order chi connectivity index (χ0) is 6.15. The molecule has 1 heteroatoms. The smallest absolute Gasteiger partial charge is 0.0599 e. The highest BCUT2D eigenvalue weighted by atomic mass is 16.5. The summed E-state index contributed by atoms with van der Waals surface area (Å²) in [6.45, 7) is 7.64. The molecule has 0 aromatic rings. The molecule has 8 heavy (non-hydrogen) atoms. The molecule has 0 aromatic heterocycles. The first-order valence-electron chi connectivity index (χ1n) is 3.33. The van der Waals surface area contributed by atoms with Crippen LogP contribution in [0.2, 0.25) is 0 Å². The monoisotopic (exact) mass is 114 g/mol. The molecule has 1 aliphatic rings. The van der Waals surface area contributed by atoms with Gasteiger partial charge in [-0.3, -0.25) is 0 Å². The molecule has 1 nitrogen and oxygen atoms in total. The Morgan fingerprint density at radius 1 is 1.50 bits per heavy atom. The van der Waals surface area contributed by atoms with E-state index in [2.05, 4.69) is 20.8 Å². The molecule has 0 N–H and O–H groups in total. The van der Waals surface area contributed by atoms with Crippen molar-refractivity contribution >= 4 is 0 Å². The van der Waals surface area contributed by atoms with Gasteiger partial charge in [-0.15, -0.1) is 0 Å². The highest BCUT2D eigenvalue weighted by Gasteiger charge is 2.29. The lowest BCUT2D eigenvalue weighted by molar-refractivity contribution is -0.121. The molecular formula is C7H14O. The zero-order valence-electron chi connectivity index (χ0n) is 5.85. The fourth-order valence-corrected chi connectivity index (χ4v) is 1.13. The normalized spacial score (nSPS) is 37.5. The van der Waals surface area contributed by atoms with Crippen LogP contribution < -0.4 is 0 Å². The van der Waals surface area contributed by atoms with E-state index in [0.29, 0.717) is 6.10 Å². The maximum absolute atomic E-state index is 5.20. The maximum atomic E-state index is 5.20. The fourth-order valence-electron chi connectivity index (χ4n) is 1.13. The zero-order valence-corrected chi connectivity index (χ0v) is 5.85. The van der Waals surface area contributed by atoms with Crippen molar-refractivity contribution in [1.82, 2.24) is 0 Å². The first kappa shape index (κ1) is 6.09. The quantitative estimate of drug-likeness (QED) is 0.504. The third-order valence-corrected chi connectivity index (χ3v) is 2.01. The van der Waals surface area contributed by atoms with Crippen molar-refractivity contribution in [2.45, 2.75) is 26.9 Å². The number of rotatable bonds is 1. The van der Waals surface area contributed by atoms with Gasteiger partial charge in [-0.2, -0.15) is 0 Å². The predicted octanol–water partition coefficient (Wildman–Crippen LogP) is 1.68. The Morgan fingerprint density at radius 2 is 2.12 bits per heavy atom. The van der Waals surface area contributed by atoms with Crippen LogP contribution >= 0.6 is 0 Å². The summed E-state index contributed by atoms with van der Waals surface area (Å²) < 4.78 is 5.20. The van der Waals surface area contributed by atoms with Crippen LogP contribution in [0.4, 0.5) is 0 Å². The van der Waals surface area contributed by atoms with Gasteiger partial charge in [-0.05, 0) is 12.8 Å². The number of ether oxygens (including phenoxy) is 1. The summed E-state index contributed by atoms with van der Waals surface area (Å²) in [5, 5.41) is 0. The Morgan fingerprint density at radius 3 is 2.12 bits per heavy atom. The summed E-state index contributed by atoms with van der Waals surface area (Å²) in [7, 11) is 0. The van der Waals surface area contributed by atoms with Crippen molar-refractivity contribution in [3.8, 4) is 0 Å². The molecule has 1 heterocycles. The lowest BCUT2D eigenvalue weighted by Gasteiger charge is -2.37. The third-order valence-electron chi connectivity index (χ3n) is 2.01. The Bertz CT molecular complexity index is 73.7. The second kappa shape index (κ2) is 2.06. The average Bonchev–Trinajstić information content (AvgIpc) is 1.61. The van der Waals surface area contributed by atoms with Crippen LogP contribution in [-0.4, -0.2) is 12.7 Å². The molecule has 0 aliphatic carbocycles. The predicted molar refractivity (Wildman–Crippen MR) is 33.7 cm³/mol. The summed E-state index contributed by atoms with van der Waals surface area (Å²) in [6, 6.07) is 0. The maximum Gasteiger partial charge on any atom is 0.0599 e. The van der Waals surface area contributed by atoms with Crippen LogP contribution in [0.1, 0.15) is 20.8 Å². The standard InChI is InChI=1S/C7H14O/c1-5(2)7-4-8-6(7)3/h5-7H,4H2,1-3H3. The molecule has 1 aliphatic heterocycles. The summed E-state index contributed by atoms with van der Waals surface area (Å²) in [4.78, 5) is 0. The number of hydrogen-bond acceptors (Lipinski definition) is 1. The van der Waals surface area contributed by atoms with Gasteiger partial charge in [-0.25, -0.2) is 0 Å². The Balaban J connectivity index is 2.26. The van der Waals surface area contributed by atoms with Crippen molar-refractivity contribution in [1.29, 1.82) is 0 Å². The molecule has 2 atom stereocenters. The van der Waals surface area contributed by atoms with E-state index in [0.717, 1.165) is 18.4 Å². The molecule has 1 saturated heterocycles. The number of hydrogen-bond donors (Lipinski definition) is 0. The minimum Gasteiger partial charge on any atom is -0.378 e. The van der Waals surface area contributed by atoms with Crippen molar-refractivity contribution in [3.63, 3.8) is 0 Å². The fraction of sp³-hybridized carbons (Fsp3) is 1.00. The van der Waals surface area contributed by atoms with E-state index in [1.807, 2.05) is 0 Å². The molecule has 2 unspecified atom stereocenters. The summed E-state index contributed by atoms with van der Waals surface area (Å²) in [6.07, 6.45) is 0.523. The van der Waals surface area contributed by atoms with Gasteiger partial charge >= 0.3 is 0 Å². The van der Waals surface area contributed by atoms with Crippen LogP contribution in [0.3, 0.4) is 0 Å². The first-order chi connectivity index (χ1) is 3.72. The molecule has 48 valence electrons. The molecule has 1 fully saturated rings. The molecule has 0 bridgehead atoms. The minimum atomic E-state index is 0.523. The van der Waals surface area contributed by atoms with E-state index < -0.39 is 0 Å². The molecule has 1 rings (SSSR count). The van der Waals surface area contributed by atoms with Crippen molar-refractivity contribution in [3.05, 3.63) is 0 Å². The Kier molecular flexibility index (Phi) is 1.57. The lowest BCUT2D eigenvalue weighted by Crippen LogP contribution is -2.40. The summed E-state index contributed by atoms with van der Waals surface area (Å²) in [5.74, 6) is 1.63. The second-order valence-corrected chi connectivity index (χ2v) is 2.95. The Hall–Kier alpha value is -0.0400. The topological polar surface area (TPSA) is 9.23 Å². The van der Waals surface area contributed by atoms with Gasteiger partial charge in [0.05, 0.1) is 12.7 Å². The first-order valence-corrected chi connectivity index (χ1v) is 3.33. The molecule has 0 amide bonds. The van der Waals surface area contributed by atoms with Crippen molar-refractivity contribution < 1.29 is 4.74 Å². The van der Waals surface area contributed by atoms with E-state index in [-0.39, 0.29) is 0 Å². The lowest BCUT2D eigenvalue weighted by atomic mass is 9.88. The van der Waals surface area contributed by atoms with Gasteiger partial charge in [-0.1, -0.05) is 13.8 Å². The third kappa shape index (κ3) is 0.873. The summed E-state index contributed by atoms with van der Waals surface area (Å²) >= 11 is 0. The van der Waals surface area contributed by atoms with Crippen LogP contribution in [-0.2, 0) is 4.74 Å². The SMILES string of the molecule is CC(C)C1COC1C. The molecule has 0 spiro atoms. The van der Waals surface area contributed by atoms with Crippen LogP contribution in [0, 0.1) is 11.8 Å². The second-order valence-electron chi connectivity index (χ2n) is 2.95. The van der Waals surface area contributed by atoms with Crippen LogP contribution in [0.5, 0.6) is 0 Å². The van der Waals surface area contributed by atoms with E-state index in [4.69, 9.17) is 4.74 Å². The van der Waals surface area contributed by atoms with Gasteiger partial charge in [0.25, 0.3) is 0 Å². The highest BCUT2D eigenvalue weighted by molar-refractivity contribution is 4.76. The van der Waals surface area contributed by atoms with E-state index in [1.54, 1.807) is 0 Å². The molecule has 0 aromatic carbocycles. The van der Waals surface area contributed by atoms with Gasteiger partial charge in [0.2, 0.25) is 0 Å². The molecule has 0 radical (unpaired) electrons. The minimum absolute atomic E-state index is 0.523. The largest absolute Gasteiger partial charge is 0.378 e. The average molecular weight is 114 g/mol. The van der Waals surface area contributed by atoms with Gasteiger partial charge < -0.3 is 4.74 Å². The van der Waals surface area contributed by atoms with E-state index >= 15 is 0 Å². The summed E-state index contributed by atoms with van der Waals surface area (Å²) in [5.41, 5.74) is 0. The van der Waals surface area contributed by atoms with Gasteiger partial charge in [0, 0.05) is 5.92 Å². The molecule has 0 saturated carbocycles. The van der Waals surface area contributed by atoms with E-state index in [1.165, 1.54) is 0 Å². The van der Waals surface area contributed by atoms with Gasteiger partial charge in [0.15, 0.2) is 0 Å². The van der Waals surface area contributed by atoms with Crippen molar-refractivity contribution in [2.75, 3.05) is 6.61 Å².